The number of carbonyl (C=O) groups excluding carboxylic acids is 2. The van der Waals surface area contributed by atoms with Gasteiger partial charge >= 0.3 is 0 Å². The van der Waals surface area contributed by atoms with Crippen LogP contribution in [-0.2, 0) is 4.79 Å². The summed E-state index contributed by atoms with van der Waals surface area (Å²) in [5.74, 6) is 0.159. The molecule has 118 valence electrons. The molecule has 1 unspecified atom stereocenters. The molecule has 2 N–H and O–H groups in total. The first-order valence-electron chi connectivity index (χ1n) is 7.34. The minimum Gasteiger partial charge on any atom is -0.339 e. The molecule has 3 heterocycles. The molecule has 1 aliphatic rings. The zero-order valence-corrected chi connectivity index (χ0v) is 14.1. The van der Waals surface area contributed by atoms with E-state index >= 15 is 0 Å². The molecule has 1 saturated heterocycles. The molecule has 2 aromatic rings. The number of fused-ring (bicyclic) bond motifs is 1. The Balaban J connectivity index is 1.60. The van der Waals surface area contributed by atoms with Gasteiger partial charge in [-0.2, -0.15) is 0 Å². The molecule has 1 aliphatic heterocycles. The third kappa shape index (κ3) is 3.16. The van der Waals surface area contributed by atoms with Gasteiger partial charge in [-0.05, 0) is 24.4 Å². The first kappa shape index (κ1) is 15.5. The molecular weight excluding hydrogens is 318 g/mol. The summed E-state index contributed by atoms with van der Waals surface area (Å²) in [6, 6.07) is 3.90. The van der Waals surface area contributed by atoms with Gasteiger partial charge in [-0.25, -0.2) is 0 Å². The molecule has 0 aliphatic carbocycles. The number of nitrogens with two attached hydrogens (primary N) is 1. The molecule has 0 aromatic carbocycles. The summed E-state index contributed by atoms with van der Waals surface area (Å²) in [5.41, 5.74) is 5.67. The monoisotopic (exact) mass is 337 g/mol. The molecule has 0 radical (unpaired) electrons. The quantitative estimate of drug-likeness (QED) is 0.931. The van der Waals surface area contributed by atoms with Crippen molar-refractivity contribution in [1.82, 2.24) is 9.80 Å². The number of amides is 2. The van der Waals surface area contributed by atoms with Crippen molar-refractivity contribution in [3.63, 3.8) is 0 Å². The van der Waals surface area contributed by atoms with Crippen LogP contribution in [0.5, 0.6) is 0 Å². The summed E-state index contributed by atoms with van der Waals surface area (Å²) in [7, 11) is 0. The lowest BCUT2D eigenvalue weighted by Crippen LogP contribution is -2.51. The first-order chi connectivity index (χ1) is 10.5. The molecule has 0 saturated carbocycles. The summed E-state index contributed by atoms with van der Waals surface area (Å²) in [6.45, 7) is 4.21. The van der Waals surface area contributed by atoms with Crippen molar-refractivity contribution in [3.05, 3.63) is 22.4 Å². The number of nitrogens with zero attached hydrogens (tertiary/aromatic N) is 2. The summed E-state index contributed by atoms with van der Waals surface area (Å²) in [6.07, 6.45) is 0.370. The molecule has 5 nitrogen and oxygen atoms in total. The second-order valence-electron chi connectivity index (χ2n) is 5.61. The zero-order chi connectivity index (χ0) is 15.7. The highest BCUT2D eigenvalue weighted by molar-refractivity contribution is 7.27. The van der Waals surface area contributed by atoms with Crippen LogP contribution in [0.2, 0.25) is 0 Å². The lowest BCUT2D eigenvalue weighted by molar-refractivity contribution is -0.132. The van der Waals surface area contributed by atoms with Crippen LogP contribution < -0.4 is 5.73 Å². The van der Waals surface area contributed by atoms with Gasteiger partial charge in [0.2, 0.25) is 5.91 Å². The van der Waals surface area contributed by atoms with Crippen LogP contribution in [0.15, 0.2) is 17.5 Å². The Bertz CT molecular complexity index is 655. The Hall–Kier alpha value is -1.44. The van der Waals surface area contributed by atoms with Crippen molar-refractivity contribution in [1.29, 1.82) is 0 Å². The maximum atomic E-state index is 12.5. The first-order valence-corrected chi connectivity index (χ1v) is 9.04. The Morgan fingerprint density at radius 2 is 1.91 bits per heavy atom. The topological polar surface area (TPSA) is 66.6 Å². The highest BCUT2D eigenvalue weighted by atomic mass is 32.1. The van der Waals surface area contributed by atoms with Crippen molar-refractivity contribution in [2.45, 2.75) is 19.4 Å². The predicted molar refractivity (Wildman–Crippen MR) is 90.5 cm³/mol. The average Bonchev–Trinajstić information content (AvgIpc) is 3.07. The zero-order valence-electron chi connectivity index (χ0n) is 12.4. The van der Waals surface area contributed by atoms with Crippen molar-refractivity contribution in [2.75, 3.05) is 26.2 Å². The van der Waals surface area contributed by atoms with Crippen molar-refractivity contribution < 1.29 is 9.59 Å². The minimum atomic E-state index is -0.119. The fraction of sp³-hybridized carbons (Fsp3) is 0.467. The van der Waals surface area contributed by atoms with Crippen LogP contribution in [0.25, 0.3) is 9.40 Å². The molecule has 0 spiro atoms. The number of hydrogen-bond donors (Lipinski definition) is 1. The molecule has 0 bridgehead atoms. The molecule has 1 fully saturated rings. The molecular formula is C15H19N3O2S2. The van der Waals surface area contributed by atoms with Gasteiger partial charge in [0.15, 0.2) is 0 Å². The van der Waals surface area contributed by atoms with E-state index in [4.69, 9.17) is 5.73 Å². The summed E-state index contributed by atoms with van der Waals surface area (Å²) >= 11 is 3.20. The van der Waals surface area contributed by atoms with Gasteiger partial charge < -0.3 is 15.5 Å². The smallest absolute Gasteiger partial charge is 0.264 e. The van der Waals surface area contributed by atoms with Crippen LogP contribution in [0.1, 0.15) is 23.0 Å². The molecule has 1 atom stereocenters. The van der Waals surface area contributed by atoms with Gasteiger partial charge in [-0.3, -0.25) is 9.59 Å². The number of hydrogen-bond acceptors (Lipinski definition) is 5. The van der Waals surface area contributed by atoms with Crippen LogP contribution in [0.3, 0.4) is 0 Å². The van der Waals surface area contributed by atoms with Crippen LogP contribution in [-0.4, -0.2) is 53.8 Å². The van der Waals surface area contributed by atoms with Crippen molar-refractivity contribution >= 4 is 43.9 Å². The summed E-state index contributed by atoms with van der Waals surface area (Å²) < 4.78 is 2.33. The standard InChI is InChI=1S/C15H19N3O2S2/c1-10(16)8-14(19)17-3-5-18(6-4-17)15(20)13-9-12-11(22-13)2-7-21-12/h2,7,9-10H,3-6,8,16H2,1H3. The number of rotatable bonds is 3. The minimum absolute atomic E-state index is 0.0766. The maximum absolute atomic E-state index is 12.5. The Labute approximate surface area is 137 Å². The molecule has 2 amide bonds. The van der Waals surface area contributed by atoms with E-state index in [9.17, 15) is 9.59 Å². The number of piperazine rings is 1. The fourth-order valence-electron chi connectivity index (χ4n) is 2.59. The lowest BCUT2D eigenvalue weighted by Gasteiger charge is -2.34. The van der Waals surface area contributed by atoms with Crippen LogP contribution >= 0.6 is 22.7 Å². The van der Waals surface area contributed by atoms with Crippen molar-refractivity contribution in [2.24, 2.45) is 5.73 Å². The largest absolute Gasteiger partial charge is 0.339 e. The Kier molecular flexibility index (Phi) is 4.46. The average molecular weight is 337 g/mol. The second-order valence-corrected chi connectivity index (χ2v) is 7.65. The van der Waals surface area contributed by atoms with Crippen LogP contribution in [0.4, 0.5) is 0 Å². The van der Waals surface area contributed by atoms with Gasteiger partial charge in [0, 0.05) is 48.0 Å². The van der Waals surface area contributed by atoms with Crippen molar-refractivity contribution in [3.8, 4) is 0 Å². The summed E-state index contributed by atoms with van der Waals surface area (Å²) in [4.78, 5) is 29.0. The Morgan fingerprint density at radius 1 is 1.23 bits per heavy atom. The predicted octanol–water partition coefficient (Wildman–Crippen LogP) is 1.98. The number of carbonyl (C=O) groups is 2. The van der Waals surface area contributed by atoms with E-state index in [1.165, 1.54) is 9.40 Å². The number of thiophene rings is 2. The molecule has 3 rings (SSSR count). The molecule has 2 aromatic heterocycles. The molecule has 22 heavy (non-hydrogen) atoms. The van der Waals surface area contributed by atoms with Gasteiger partial charge in [-0.15, -0.1) is 22.7 Å². The Morgan fingerprint density at radius 3 is 2.55 bits per heavy atom. The third-order valence-electron chi connectivity index (χ3n) is 3.77. The second kappa shape index (κ2) is 6.36. The molecule has 7 heteroatoms. The van der Waals surface area contributed by atoms with Gasteiger partial charge in [0.05, 0.1) is 4.88 Å². The van der Waals surface area contributed by atoms with E-state index in [1.54, 1.807) is 27.6 Å². The third-order valence-corrected chi connectivity index (χ3v) is 5.85. The van der Waals surface area contributed by atoms with E-state index in [0.717, 1.165) is 4.88 Å². The van der Waals surface area contributed by atoms with E-state index in [2.05, 4.69) is 0 Å². The van der Waals surface area contributed by atoms with E-state index in [1.807, 2.05) is 29.3 Å². The lowest BCUT2D eigenvalue weighted by atomic mass is 10.2. The van der Waals surface area contributed by atoms with E-state index in [-0.39, 0.29) is 17.9 Å². The summed E-state index contributed by atoms with van der Waals surface area (Å²) in [5, 5.41) is 2.04. The van der Waals surface area contributed by atoms with Crippen LogP contribution in [0, 0.1) is 0 Å². The maximum Gasteiger partial charge on any atom is 0.264 e. The van der Waals surface area contributed by atoms with Gasteiger partial charge in [0.1, 0.15) is 0 Å². The van der Waals surface area contributed by atoms with E-state index < -0.39 is 0 Å². The van der Waals surface area contributed by atoms with E-state index in [0.29, 0.717) is 32.6 Å². The normalized spacial score (nSPS) is 17.0. The fourth-order valence-corrected chi connectivity index (χ4v) is 4.67. The van der Waals surface area contributed by atoms with Gasteiger partial charge in [-0.1, -0.05) is 0 Å². The highest BCUT2D eigenvalue weighted by Gasteiger charge is 2.26. The highest BCUT2D eigenvalue weighted by Crippen LogP contribution is 2.30. The van der Waals surface area contributed by atoms with Gasteiger partial charge in [0.25, 0.3) is 5.91 Å². The SMILES string of the molecule is CC(N)CC(=O)N1CCN(C(=O)c2cc3sccc3s2)CC1.